The number of carboxylic acids is 1. The van der Waals surface area contributed by atoms with Gasteiger partial charge in [-0.2, -0.15) is 0 Å². The number of amides is 1. The summed E-state index contributed by atoms with van der Waals surface area (Å²) < 4.78 is 6.02. The minimum atomic E-state index is -1.10. The van der Waals surface area contributed by atoms with Crippen LogP contribution >= 0.6 is 22.6 Å². The van der Waals surface area contributed by atoms with Gasteiger partial charge in [0.25, 0.3) is 0 Å². The van der Waals surface area contributed by atoms with Gasteiger partial charge in [-0.25, -0.2) is 9.59 Å². The van der Waals surface area contributed by atoms with E-state index in [0.29, 0.717) is 3.57 Å². The van der Waals surface area contributed by atoms with Crippen LogP contribution in [-0.2, 0) is 4.74 Å². The van der Waals surface area contributed by atoms with Gasteiger partial charge in [0.1, 0.15) is 6.61 Å². The van der Waals surface area contributed by atoms with Gasteiger partial charge < -0.3 is 9.84 Å². The first-order valence-electron chi connectivity index (χ1n) is 8.70. The zero-order valence-electron chi connectivity index (χ0n) is 14.7. The summed E-state index contributed by atoms with van der Waals surface area (Å²) in [4.78, 5) is 23.8. The number of fused-ring (bicyclic) bond motifs is 3. The number of carbonyl (C=O) groups is 2. The van der Waals surface area contributed by atoms with Crippen LogP contribution in [0.1, 0.15) is 27.4 Å². The third kappa shape index (κ3) is 3.35. The number of hydrogen-bond donors (Lipinski definition) is 2. The van der Waals surface area contributed by atoms with Gasteiger partial charge in [-0.3, -0.25) is 5.32 Å². The molecule has 3 aromatic carbocycles. The van der Waals surface area contributed by atoms with Crippen molar-refractivity contribution in [2.75, 3.05) is 11.9 Å². The number of benzene rings is 3. The van der Waals surface area contributed by atoms with Gasteiger partial charge in [-0.15, -0.1) is 0 Å². The predicted molar refractivity (Wildman–Crippen MR) is 115 cm³/mol. The predicted octanol–water partition coefficient (Wildman–Crippen LogP) is 5.35. The number of aromatic carboxylic acids is 1. The molecule has 0 aromatic heterocycles. The van der Waals surface area contributed by atoms with Crippen molar-refractivity contribution >= 4 is 40.3 Å². The molecule has 0 heterocycles. The fourth-order valence-electron chi connectivity index (χ4n) is 3.59. The third-order valence-corrected chi connectivity index (χ3v) is 5.71. The number of anilines is 1. The lowest BCUT2D eigenvalue weighted by Gasteiger charge is -2.15. The summed E-state index contributed by atoms with van der Waals surface area (Å²) in [6.45, 7) is 0.173. The van der Waals surface area contributed by atoms with E-state index in [0.717, 1.165) is 22.3 Å². The molecule has 0 saturated heterocycles. The van der Waals surface area contributed by atoms with Crippen molar-refractivity contribution in [2.24, 2.45) is 0 Å². The van der Waals surface area contributed by atoms with E-state index in [4.69, 9.17) is 4.74 Å². The molecule has 28 heavy (non-hydrogen) atoms. The lowest BCUT2D eigenvalue weighted by atomic mass is 9.98. The maximum atomic E-state index is 12.4. The Morgan fingerprint density at radius 1 is 0.929 bits per heavy atom. The van der Waals surface area contributed by atoms with Crippen molar-refractivity contribution < 1.29 is 19.4 Å². The van der Waals surface area contributed by atoms with E-state index in [1.54, 1.807) is 18.2 Å². The SMILES string of the molecule is O=C(Nc1cccc(I)c1C(=O)O)OCC1c2ccccc2-c2ccccc21. The zero-order chi connectivity index (χ0) is 19.7. The minimum Gasteiger partial charge on any atom is -0.478 e. The Morgan fingerprint density at radius 3 is 2.14 bits per heavy atom. The zero-order valence-corrected chi connectivity index (χ0v) is 16.8. The summed E-state index contributed by atoms with van der Waals surface area (Å²) in [6.07, 6.45) is -0.675. The fourth-order valence-corrected chi connectivity index (χ4v) is 4.32. The molecular formula is C22H16INO4. The monoisotopic (exact) mass is 485 g/mol. The topological polar surface area (TPSA) is 75.6 Å². The van der Waals surface area contributed by atoms with Crippen molar-refractivity contribution in [1.29, 1.82) is 0 Å². The Hall–Kier alpha value is -2.87. The molecule has 0 aliphatic heterocycles. The highest BCUT2D eigenvalue weighted by molar-refractivity contribution is 14.1. The van der Waals surface area contributed by atoms with E-state index in [1.807, 2.05) is 59.0 Å². The van der Waals surface area contributed by atoms with Crippen LogP contribution in [0.15, 0.2) is 66.7 Å². The number of halogens is 1. The van der Waals surface area contributed by atoms with Gasteiger partial charge in [0.2, 0.25) is 0 Å². The highest BCUT2D eigenvalue weighted by Gasteiger charge is 2.29. The molecule has 0 radical (unpaired) electrons. The smallest absolute Gasteiger partial charge is 0.411 e. The van der Waals surface area contributed by atoms with Crippen molar-refractivity contribution in [3.63, 3.8) is 0 Å². The molecule has 0 saturated carbocycles. The normalized spacial score (nSPS) is 12.2. The van der Waals surface area contributed by atoms with Crippen molar-refractivity contribution in [3.8, 4) is 11.1 Å². The first kappa shape index (κ1) is 18.5. The molecule has 1 amide bonds. The fraction of sp³-hybridized carbons (Fsp3) is 0.0909. The molecular weight excluding hydrogens is 469 g/mol. The van der Waals surface area contributed by atoms with E-state index < -0.39 is 12.1 Å². The number of carboxylic acid groups (broad SMARTS) is 1. The van der Waals surface area contributed by atoms with E-state index in [-0.39, 0.29) is 23.8 Å². The molecule has 0 atom stereocenters. The van der Waals surface area contributed by atoms with Gasteiger partial charge >= 0.3 is 12.1 Å². The van der Waals surface area contributed by atoms with E-state index in [2.05, 4.69) is 17.4 Å². The van der Waals surface area contributed by atoms with Crippen molar-refractivity contribution in [1.82, 2.24) is 0 Å². The molecule has 3 aromatic rings. The quantitative estimate of drug-likeness (QED) is 0.489. The molecule has 1 aliphatic carbocycles. The highest BCUT2D eigenvalue weighted by Crippen LogP contribution is 2.44. The number of carbonyl (C=O) groups excluding carboxylic acids is 1. The maximum Gasteiger partial charge on any atom is 0.411 e. The largest absolute Gasteiger partial charge is 0.478 e. The Bertz CT molecular complexity index is 1030. The third-order valence-electron chi connectivity index (χ3n) is 4.81. The standard InChI is InChI=1S/C22H16INO4/c23-18-10-5-11-19(20(18)21(25)26)24-22(27)28-12-17-15-8-3-1-6-13(15)14-7-2-4-9-16(14)17/h1-11,17H,12H2,(H,24,27)(H,25,26). The van der Waals surface area contributed by atoms with Crippen LogP contribution in [0.2, 0.25) is 0 Å². The van der Waals surface area contributed by atoms with Crippen LogP contribution in [0.3, 0.4) is 0 Å². The Kier molecular flexibility index (Phi) is 5.04. The highest BCUT2D eigenvalue weighted by atomic mass is 127. The van der Waals surface area contributed by atoms with Gasteiger partial charge in [0.05, 0.1) is 11.3 Å². The number of nitrogens with one attached hydrogen (secondary N) is 1. The first-order valence-corrected chi connectivity index (χ1v) is 9.78. The molecule has 4 rings (SSSR count). The number of ether oxygens (including phenoxy) is 1. The molecule has 6 heteroatoms. The van der Waals surface area contributed by atoms with Gasteiger partial charge in [-0.1, -0.05) is 54.6 Å². The summed E-state index contributed by atoms with van der Waals surface area (Å²) in [5, 5.41) is 11.9. The summed E-state index contributed by atoms with van der Waals surface area (Å²) in [5.41, 5.74) is 4.82. The van der Waals surface area contributed by atoms with Gasteiger partial charge in [0, 0.05) is 9.49 Å². The van der Waals surface area contributed by atoms with Crippen LogP contribution < -0.4 is 5.32 Å². The molecule has 2 N–H and O–H groups in total. The lowest BCUT2D eigenvalue weighted by Crippen LogP contribution is -2.19. The molecule has 1 aliphatic rings. The van der Waals surface area contributed by atoms with Gasteiger partial charge in [-0.05, 0) is 57.0 Å². The second-order valence-electron chi connectivity index (χ2n) is 6.42. The van der Waals surface area contributed by atoms with Crippen LogP contribution in [-0.4, -0.2) is 23.8 Å². The molecule has 140 valence electrons. The average molecular weight is 485 g/mol. The molecule has 0 fully saturated rings. The average Bonchev–Trinajstić information content (AvgIpc) is 3.00. The van der Waals surface area contributed by atoms with E-state index >= 15 is 0 Å². The summed E-state index contributed by atoms with van der Waals surface area (Å²) in [7, 11) is 0. The van der Waals surface area contributed by atoms with Crippen LogP contribution in [0.25, 0.3) is 11.1 Å². The molecule has 0 unspecified atom stereocenters. The number of rotatable bonds is 4. The summed E-state index contributed by atoms with van der Waals surface area (Å²) in [5.74, 6) is -1.15. The minimum absolute atomic E-state index is 0.0481. The van der Waals surface area contributed by atoms with E-state index in [1.165, 1.54) is 0 Å². The second-order valence-corrected chi connectivity index (χ2v) is 7.58. The summed E-state index contributed by atoms with van der Waals surface area (Å²) >= 11 is 1.93. The second kappa shape index (κ2) is 7.63. The van der Waals surface area contributed by atoms with Crippen LogP contribution in [0.5, 0.6) is 0 Å². The molecule has 0 bridgehead atoms. The number of hydrogen-bond acceptors (Lipinski definition) is 3. The van der Waals surface area contributed by atoms with Crippen LogP contribution in [0, 0.1) is 3.57 Å². The summed E-state index contributed by atoms with van der Waals surface area (Å²) in [6, 6.07) is 21.1. The molecule has 5 nitrogen and oxygen atoms in total. The van der Waals surface area contributed by atoms with Crippen molar-refractivity contribution in [2.45, 2.75) is 5.92 Å². The Balaban J connectivity index is 1.52. The Morgan fingerprint density at radius 2 is 1.54 bits per heavy atom. The van der Waals surface area contributed by atoms with Crippen molar-refractivity contribution in [3.05, 3.63) is 87.0 Å². The van der Waals surface area contributed by atoms with E-state index in [9.17, 15) is 14.7 Å². The first-order chi connectivity index (χ1) is 13.6. The van der Waals surface area contributed by atoms with Crippen LogP contribution in [0.4, 0.5) is 10.5 Å². The maximum absolute atomic E-state index is 12.4. The molecule has 0 spiro atoms. The Labute approximate surface area is 175 Å². The lowest BCUT2D eigenvalue weighted by molar-refractivity contribution is 0.0697. The van der Waals surface area contributed by atoms with Gasteiger partial charge in [0.15, 0.2) is 0 Å².